The van der Waals surface area contributed by atoms with Gasteiger partial charge in [-0.3, -0.25) is 4.79 Å². The number of hydrogen-bond donors (Lipinski definition) is 0. The lowest BCUT2D eigenvalue weighted by molar-refractivity contribution is 0.0706. The van der Waals surface area contributed by atoms with Gasteiger partial charge in [-0.05, 0) is 31.0 Å². The van der Waals surface area contributed by atoms with Gasteiger partial charge < -0.3 is 9.80 Å². The normalized spacial score (nSPS) is 18.0. The van der Waals surface area contributed by atoms with Crippen molar-refractivity contribution in [3.63, 3.8) is 0 Å². The van der Waals surface area contributed by atoms with Crippen molar-refractivity contribution < 1.29 is 9.18 Å². The number of carbonyl (C=O) groups excluding carboxylic acids is 1. The van der Waals surface area contributed by atoms with Crippen LogP contribution in [0.5, 0.6) is 0 Å². The summed E-state index contributed by atoms with van der Waals surface area (Å²) in [4.78, 5) is 20.6. The molecule has 6 heteroatoms. The summed E-state index contributed by atoms with van der Waals surface area (Å²) in [5, 5.41) is 3.04. The maximum Gasteiger partial charge on any atom is 0.253 e. The Morgan fingerprint density at radius 3 is 2.91 bits per heavy atom. The van der Waals surface area contributed by atoms with Gasteiger partial charge in [0.2, 0.25) is 0 Å². The molecule has 1 aromatic carbocycles. The number of halogens is 1. The van der Waals surface area contributed by atoms with Crippen molar-refractivity contribution in [2.24, 2.45) is 0 Å². The maximum atomic E-state index is 14.1. The number of hydrogen-bond acceptors (Lipinski definition) is 4. The first-order chi connectivity index (χ1) is 11.1. The van der Waals surface area contributed by atoms with Crippen LogP contribution in [0.15, 0.2) is 29.8 Å². The largest absolute Gasteiger partial charge is 0.375 e. The summed E-state index contributed by atoms with van der Waals surface area (Å²) >= 11 is 1.63. The molecular weight excluding hydrogens is 313 g/mol. The van der Waals surface area contributed by atoms with E-state index in [2.05, 4.69) is 4.98 Å². The summed E-state index contributed by atoms with van der Waals surface area (Å²) in [6.45, 7) is 1.38. The zero-order chi connectivity index (χ0) is 16.4. The number of piperidine rings is 1. The lowest BCUT2D eigenvalue weighted by Gasteiger charge is -2.32. The van der Waals surface area contributed by atoms with E-state index >= 15 is 0 Å². The van der Waals surface area contributed by atoms with Gasteiger partial charge >= 0.3 is 0 Å². The number of thiazole rings is 1. The fourth-order valence-corrected chi connectivity index (χ4v) is 3.75. The van der Waals surface area contributed by atoms with Gasteiger partial charge in [0.05, 0.1) is 10.7 Å². The minimum atomic E-state index is -0.366. The van der Waals surface area contributed by atoms with Crippen molar-refractivity contribution in [2.75, 3.05) is 32.1 Å². The van der Waals surface area contributed by atoms with Crippen LogP contribution < -0.4 is 4.90 Å². The molecule has 0 saturated carbocycles. The van der Waals surface area contributed by atoms with Crippen LogP contribution in [-0.2, 0) is 0 Å². The maximum absolute atomic E-state index is 14.1. The van der Waals surface area contributed by atoms with E-state index in [9.17, 15) is 9.18 Å². The molecule has 0 aliphatic carbocycles. The van der Waals surface area contributed by atoms with Crippen LogP contribution in [-0.4, -0.2) is 43.0 Å². The van der Waals surface area contributed by atoms with E-state index in [0.29, 0.717) is 23.7 Å². The number of carbonyl (C=O) groups is 1. The second kappa shape index (κ2) is 6.66. The summed E-state index contributed by atoms with van der Waals surface area (Å²) in [5.74, 6) is -0.177. The van der Waals surface area contributed by atoms with Crippen LogP contribution in [0, 0.1) is 5.82 Å². The standard InChI is InChI=1S/C17H20FN3OS/c1-20(2)15-6-5-12(10-14(15)18)17(22)21-8-3-4-13(11-21)16-19-7-9-23-16/h5-7,9-10,13H,3-4,8,11H2,1-2H3/t13-/m0/s1. The quantitative estimate of drug-likeness (QED) is 0.864. The zero-order valence-electron chi connectivity index (χ0n) is 13.3. The second-order valence-corrected chi connectivity index (χ2v) is 6.95. The third-order valence-corrected chi connectivity index (χ3v) is 5.12. The predicted molar refractivity (Wildman–Crippen MR) is 90.7 cm³/mol. The first-order valence-electron chi connectivity index (χ1n) is 7.72. The minimum Gasteiger partial charge on any atom is -0.375 e. The average molecular weight is 333 g/mol. The molecule has 0 bridgehead atoms. The lowest BCUT2D eigenvalue weighted by Crippen LogP contribution is -2.39. The molecule has 1 amide bonds. The van der Waals surface area contributed by atoms with E-state index in [0.717, 1.165) is 24.4 Å². The molecule has 3 rings (SSSR count). The Kier molecular flexibility index (Phi) is 4.61. The Morgan fingerprint density at radius 1 is 1.43 bits per heavy atom. The van der Waals surface area contributed by atoms with Gasteiger partial charge in [-0.25, -0.2) is 9.37 Å². The Bertz CT molecular complexity index is 687. The number of rotatable bonds is 3. The van der Waals surface area contributed by atoms with E-state index < -0.39 is 0 Å². The molecule has 23 heavy (non-hydrogen) atoms. The van der Waals surface area contributed by atoms with Gasteiger partial charge in [0.1, 0.15) is 5.82 Å². The van der Waals surface area contributed by atoms with E-state index in [1.807, 2.05) is 10.3 Å². The third kappa shape index (κ3) is 3.37. The molecule has 0 radical (unpaired) electrons. The van der Waals surface area contributed by atoms with Crippen molar-refractivity contribution in [1.29, 1.82) is 0 Å². The van der Waals surface area contributed by atoms with Gasteiger partial charge in [-0.2, -0.15) is 0 Å². The Balaban J connectivity index is 1.76. The molecule has 1 fully saturated rings. The molecule has 2 aromatic rings. The molecular formula is C17H20FN3OS. The number of aromatic nitrogens is 1. The Morgan fingerprint density at radius 2 is 2.26 bits per heavy atom. The number of benzene rings is 1. The molecule has 1 aliphatic rings. The number of amides is 1. The highest BCUT2D eigenvalue weighted by Crippen LogP contribution is 2.29. The average Bonchev–Trinajstić information content (AvgIpc) is 3.08. The van der Waals surface area contributed by atoms with Crippen molar-refractivity contribution in [3.05, 3.63) is 46.2 Å². The van der Waals surface area contributed by atoms with Crippen LogP contribution in [0.2, 0.25) is 0 Å². The number of nitrogens with zero attached hydrogens (tertiary/aromatic N) is 3. The molecule has 2 heterocycles. The van der Waals surface area contributed by atoms with Crippen molar-refractivity contribution in [3.8, 4) is 0 Å². The number of anilines is 1. The van der Waals surface area contributed by atoms with Crippen molar-refractivity contribution in [2.45, 2.75) is 18.8 Å². The number of likely N-dealkylation sites (tertiary alicyclic amines) is 1. The van der Waals surface area contributed by atoms with Crippen LogP contribution >= 0.6 is 11.3 Å². The van der Waals surface area contributed by atoms with Crippen LogP contribution in [0.1, 0.15) is 34.1 Å². The highest BCUT2D eigenvalue weighted by atomic mass is 32.1. The fourth-order valence-electron chi connectivity index (χ4n) is 2.98. The monoisotopic (exact) mass is 333 g/mol. The molecule has 4 nitrogen and oxygen atoms in total. The van der Waals surface area contributed by atoms with Gasteiger partial charge in [0.15, 0.2) is 0 Å². The van der Waals surface area contributed by atoms with Gasteiger partial charge in [0, 0.05) is 50.2 Å². The molecule has 0 spiro atoms. The third-order valence-electron chi connectivity index (χ3n) is 4.19. The van der Waals surface area contributed by atoms with E-state index in [-0.39, 0.29) is 11.7 Å². The summed E-state index contributed by atoms with van der Waals surface area (Å²) in [5.41, 5.74) is 0.897. The molecule has 122 valence electrons. The van der Waals surface area contributed by atoms with Crippen molar-refractivity contribution >= 4 is 22.9 Å². The first kappa shape index (κ1) is 15.9. The van der Waals surface area contributed by atoms with Gasteiger partial charge in [-0.15, -0.1) is 11.3 Å². The zero-order valence-corrected chi connectivity index (χ0v) is 14.1. The topological polar surface area (TPSA) is 36.4 Å². The highest BCUT2D eigenvalue weighted by molar-refractivity contribution is 7.09. The molecule has 1 atom stereocenters. The molecule has 0 N–H and O–H groups in total. The Labute approximate surface area is 139 Å². The molecule has 1 aliphatic heterocycles. The first-order valence-corrected chi connectivity index (χ1v) is 8.60. The van der Waals surface area contributed by atoms with E-state index in [4.69, 9.17) is 0 Å². The minimum absolute atomic E-state index is 0.101. The Hall–Kier alpha value is -1.95. The second-order valence-electron chi connectivity index (χ2n) is 6.02. The van der Waals surface area contributed by atoms with Crippen molar-refractivity contribution in [1.82, 2.24) is 9.88 Å². The van der Waals surface area contributed by atoms with E-state index in [1.54, 1.807) is 48.7 Å². The molecule has 1 saturated heterocycles. The van der Waals surface area contributed by atoms with Gasteiger partial charge in [-0.1, -0.05) is 0 Å². The SMILES string of the molecule is CN(C)c1ccc(C(=O)N2CCC[C@H](c3nccs3)C2)cc1F. The summed E-state index contributed by atoms with van der Waals surface area (Å²) in [6, 6.07) is 4.70. The smallest absolute Gasteiger partial charge is 0.253 e. The summed E-state index contributed by atoms with van der Waals surface area (Å²) in [6.07, 6.45) is 3.80. The van der Waals surface area contributed by atoms with Crippen LogP contribution in [0.3, 0.4) is 0 Å². The molecule has 0 unspecified atom stereocenters. The van der Waals surface area contributed by atoms with Crippen LogP contribution in [0.4, 0.5) is 10.1 Å². The fraction of sp³-hybridized carbons (Fsp3) is 0.412. The predicted octanol–water partition coefficient (Wildman–Crippen LogP) is 3.37. The van der Waals surface area contributed by atoms with Gasteiger partial charge in [0.25, 0.3) is 5.91 Å². The van der Waals surface area contributed by atoms with E-state index in [1.165, 1.54) is 6.07 Å². The highest BCUT2D eigenvalue weighted by Gasteiger charge is 2.27. The molecule has 1 aromatic heterocycles. The lowest BCUT2D eigenvalue weighted by atomic mass is 9.98. The summed E-state index contributed by atoms with van der Waals surface area (Å²) in [7, 11) is 3.56. The van der Waals surface area contributed by atoms with Crippen LogP contribution in [0.25, 0.3) is 0 Å². The summed E-state index contributed by atoms with van der Waals surface area (Å²) < 4.78 is 14.1.